The van der Waals surface area contributed by atoms with E-state index < -0.39 is 39.1 Å². The van der Waals surface area contributed by atoms with Crippen molar-refractivity contribution in [2.75, 3.05) is 6.54 Å². The molecule has 23 heavy (non-hydrogen) atoms. The first kappa shape index (κ1) is 16.6. The van der Waals surface area contributed by atoms with Crippen LogP contribution < -0.4 is 5.73 Å². The first-order valence-electron chi connectivity index (χ1n) is 7.59. The van der Waals surface area contributed by atoms with Crippen LogP contribution in [0.5, 0.6) is 0 Å². The number of rotatable bonds is 5. The number of amides is 3. The minimum atomic E-state index is -4.85. The average molecular weight is 350 g/mol. The first-order chi connectivity index (χ1) is 10.7. The van der Waals surface area contributed by atoms with E-state index in [1.807, 2.05) is 0 Å². The van der Waals surface area contributed by atoms with Crippen molar-refractivity contribution >= 4 is 22.3 Å². The molecule has 1 saturated carbocycles. The molecule has 2 bridgehead atoms. The molecule has 3 fully saturated rings. The van der Waals surface area contributed by atoms with Crippen molar-refractivity contribution in [3.8, 4) is 0 Å². The van der Waals surface area contributed by atoms with Crippen molar-refractivity contribution in [2.24, 2.45) is 5.73 Å². The normalized spacial score (nSPS) is 35.0. The third-order valence-corrected chi connectivity index (χ3v) is 5.09. The van der Waals surface area contributed by atoms with Crippen LogP contribution in [0.15, 0.2) is 0 Å². The molecule has 11 heteroatoms. The summed E-state index contributed by atoms with van der Waals surface area (Å²) >= 11 is 0. The van der Waals surface area contributed by atoms with E-state index in [2.05, 4.69) is 4.28 Å². The summed E-state index contributed by atoms with van der Waals surface area (Å²) in [6.07, 6.45) is 3.90. The molecule has 130 valence electrons. The van der Waals surface area contributed by atoms with Gasteiger partial charge in [-0.05, 0) is 19.3 Å². The topological polar surface area (TPSA) is 136 Å². The van der Waals surface area contributed by atoms with Crippen LogP contribution in [-0.2, 0) is 24.3 Å². The second-order valence-electron chi connectivity index (χ2n) is 6.25. The SMILES string of the molecule is NC(=O)[C@@H]1CC[C@@H]2C[N+]1(OC1CCCC1)C(=O)N2OS(=O)(=O)O. The first-order valence-corrected chi connectivity index (χ1v) is 8.96. The van der Waals surface area contributed by atoms with Crippen LogP contribution in [0, 0.1) is 0 Å². The molecule has 0 aromatic carbocycles. The summed E-state index contributed by atoms with van der Waals surface area (Å²) in [5, 5.41) is 0.604. The number of hydroxylamine groups is 5. The lowest BCUT2D eigenvalue weighted by Crippen LogP contribution is -2.64. The molecule has 3 rings (SSSR count). The molecule has 2 aliphatic heterocycles. The van der Waals surface area contributed by atoms with Crippen LogP contribution in [0.1, 0.15) is 38.5 Å². The monoisotopic (exact) mass is 350 g/mol. The van der Waals surface area contributed by atoms with Crippen LogP contribution in [-0.4, -0.2) is 59.4 Å². The fourth-order valence-electron chi connectivity index (χ4n) is 3.78. The zero-order chi connectivity index (χ0) is 16.8. The summed E-state index contributed by atoms with van der Waals surface area (Å²) in [5.41, 5.74) is 5.43. The second kappa shape index (κ2) is 5.67. The fourth-order valence-corrected chi connectivity index (χ4v) is 4.17. The Labute approximate surface area is 133 Å². The second-order valence-corrected chi connectivity index (χ2v) is 7.25. The summed E-state index contributed by atoms with van der Waals surface area (Å²) in [6.45, 7) is 0.0679. The molecule has 3 N–H and O–H groups in total. The minimum Gasteiger partial charge on any atom is -0.364 e. The fraction of sp³-hybridized carbons (Fsp3) is 0.833. The maximum atomic E-state index is 12.8. The van der Waals surface area contributed by atoms with Gasteiger partial charge in [-0.25, -0.2) is 4.79 Å². The van der Waals surface area contributed by atoms with Gasteiger partial charge < -0.3 is 5.73 Å². The van der Waals surface area contributed by atoms with E-state index in [4.69, 9.17) is 15.1 Å². The molecule has 3 amide bonds. The standard InChI is InChI=1S/C12H19N3O7S/c13-11(16)10-6-5-8-7-15(10,21-9-3-1-2-4-9)12(17)14(8)22-23(18,19)20/h8-10H,1-7H2,(H2-,13,16,18,19,20)/p+1/t8-,10+,15?/m1/s1. The van der Waals surface area contributed by atoms with E-state index in [0.29, 0.717) is 11.5 Å². The van der Waals surface area contributed by atoms with Crippen LogP contribution >= 0.6 is 0 Å². The lowest BCUT2D eigenvalue weighted by molar-refractivity contribution is -1.06. The molecule has 0 aromatic rings. The molecule has 2 heterocycles. The largest absolute Gasteiger partial charge is 0.477 e. The number of urea groups is 1. The number of quaternary nitrogens is 1. The Kier molecular flexibility index (Phi) is 4.09. The molecule has 2 saturated heterocycles. The van der Waals surface area contributed by atoms with Crippen molar-refractivity contribution in [3.63, 3.8) is 0 Å². The molecule has 1 aliphatic carbocycles. The van der Waals surface area contributed by atoms with E-state index in [1.165, 1.54) is 0 Å². The number of nitrogens with zero attached hydrogens (tertiary/aromatic N) is 2. The number of hydrogen-bond acceptors (Lipinski definition) is 6. The van der Waals surface area contributed by atoms with E-state index in [9.17, 15) is 18.0 Å². The Morgan fingerprint density at radius 1 is 1.26 bits per heavy atom. The third kappa shape index (κ3) is 2.94. The van der Waals surface area contributed by atoms with Crippen molar-refractivity contribution in [1.29, 1.82) is 0 Å². The smallest absolute Gasteiger partial charge is 0.364 e. The highest BCUT2D eigenvalue weighted by molar-refractivity contribution is 7.80. The number of nitrogens with two attached hydrogens (primary N) is 1. The number of carbonyl (C=O) groups excluding carboxylic acids is 2. The predicted molar refractivity (Wildman–Crippen MR) is 74.3 cm³/mol. The molecule has 0 spiro atoms. The zero-order valence-electron chi connectivity index (χ0n) is 12.5. The van der Waals surface area contributed by atoms with E-state index in [0.717, 1.165) is 25.7 Å². The van der Waals surface area contributed by atoms with Crippen LogP contribution in [0.3, 0.4) is 0 Å². The number of fused-ring (bicyclic) bond motifs is 2. The Morgan fingerprint density at radius 2 is 1.91 bits per heavy atom. The summed E-state index contributed by atoms with van der Waals surface area (Å²) in [6, 6.07) is -2.31. The highest BCUT2D eigenvalue weighted by Gasteiger charge is 2.66. The van der Waals surface area contributed by atoms with E-state index in [-0.39, 0.29) is 19.1 Å². The van der Waals surface area contributed by atoms with Crippen molar-refractivity contribution in [2.45, 2.75) is 56.7 Å². The maximum absolute atomic E-state index is 12.8. The van der Waals surface area contributed by atoms with Gasteiger partial charge in [0.2, 0.25) is 6.04 Å². The molecule has 3 atom stereocenters. The van der Waals surface area contributed by atoms with Crippen LogP contribution in [0.4, 0.5) is 4.79 Å². The average Bonchev–Trinajstić information content (AvgIpc) is 3.00. The van der Waals surface area contributed by atoms with Crippen LogP contribution in [0.2, 0.25) is 0 Å². The lowest BCUT2D eigenvalue weighted by atomic mass is 10.00. The molecule has 0 radical (unpaired) electrons. The molecular weight excluding hydrogens is 330 g/mol. The lowest BCUT2D eigenvalue weighted by Gasteiger charge is -2.37. The summed E-state index contributed by atoms with van der Waals surface area (Å²) in [7, 11) is -4.85. The maximum Gasteiger partial charge on any atom is 0.477 e. The summed E-state index contributed by atoms with van der Waals surface area (Å²) in [5.74, 6) is -0.677. The minimum absolute atomic E-state index is 0.0679. The van der Waals surface area contributed by atoms with Crippen molar-refractivity contribution in [3.05, 3.63) is 0 Å². The Hall–Kier alpha value is -1.27. The summed E-state index contributed by atoms with van der Waals surface area (Å²) < 4.78 is 34.6. The van der Waals surface area contributed by atoms with Gasteiger partial charge >= 0.3 is 16.4 Å². The highest BCUT2D eigenvalue weighted by Crippen LogP contribution is 2.40. The predicted octanol–water partition coefficient (Wildman–Crippen LogP) is -0.136. The van der Waals surface area contributed by atoms with Gasteiger partial charge in [0.05, 0.1) is 0 Å². The number of primary amides is 1. The van der Waals surface area contributed by atoms with Gasteiger partial charge in [0.15, 0.2) is 0 Å². The van der Waals surface area contributed by atoms with Gasteiger partial charge in [-0.15, -0.1) is 9.35 Å². The Morgan fingerprint density at radius 3 is 2.48 bits per heavy atom. The number of carbonyl (C=O) groups is 2. The van der Waals surface area contributed by atoms with Gasteiger partial charge in [0.25, 0.3) is 5.91 Å². The number of piperidine rings is 1. The quantitative estimate of drug-likeness (QED) is 0.520. The van der Waals surface area contributed by atoms with Gasteiger partial charge in [-0.1, -0.05) is 17.5 Å². The van der Waals surface area contributed by atoms with Crippen molar-refractivity contribution in [1.82, 2.24) is 5.06 Å². The van der Waals surface area contributed by atoms with E-state index >= 15 is 0 Å². The molecule has 10 nitrogen and oxygen atoms in total. The number of hydrogen-bond donors (Lipinski definition) is 2. The molecule has 1 unspecified atom stereocenters. The van der Waals surface area contributed by atoms with Gasteiger partial charge in [-0.3, -0.25) is 9.35 Å². The molecule has 3 aliphatic rings. The Balaban J connectivity index is 1.92. The van der Waals surface area contributed by atoms with Crippen LogP contribution in [0.25, 0.3) is 0 Å². The van der Waals surface area contributed by atoms with Crippen molar-refractivity contribution < 1.29 is 36.3 Å². The van der Waals surface area contributed by atoms with Gasteiger partial charge in [-0.2, -0.15) is 13.3 Å². The van der Waals surface area contributed by atoms with E-state index in [1.54, 1.807) is 0 Å². The zero-order valence-corrected chi connectivity index (χ0v) is 13.3. The van der Waals surface area contributed by atoms with Gasteiger partial charge in [0.1, 0.15) is 18.7 Å². The third-order valence-electron chi connectivity index (χ3n) is 4.75. The molecule has 0 aromatic heterocycles. The molecular formula is C12H20N3O7S+. The Bertz CT molecular complexity index is 618. The highest BCUT2D eigenvalue weighted by atomic mass is 32.3. The summed E-state index contributed by atoms with van der Waals surface area (Å²) in [4.78, 5) is 30.5. The van der Waals surface area contributed by atoms with Gasteiger partial charge in [0, 0.05) is 6.42 Å².